The zero-order chi connectivity index (χ0) is 25.6. The summed E-state index contributed by atoms with van der Waals surface area (Å²) in [7, 11) is 0. The second-order valence-corrected chi connectivity index (χ2v) is 10.6. The minimum absolute atomic E-state index is 0.0303. The maximum Gasteiger partial charge on any atom is 0.262 e. The summed E-state index contributed by atoms with van der Waals surface area (Å²) in [4.78, 5) is 47.8. The average Bonchev–Trinajstić information content (AvgIpc) is 3.45. The number of benzene rings is 2. The maximum atomic E-state index is 13.3. The number of thioether (sulfide) groups is 1. The molecule has 0 radical (unpaired) electrons. The highest BCUT2D eigenvalue weighted by Gasteiger charge is 2.23. The lowest BCUT2D eigenvalue weighted by molar-refractivity contribution is -0.131. The van der Waals surface area contributed by atoms with E-state index in [1.807, 2.05) is 35.2 Å². The number of fused-ring (bicyclic) bond motifs is 1. The lowest BCUT2D eigenvalue weighted by Gasteiger charge is -2.36. The van der Waals surface area contributed by atoms with Crippen LogP contribution in [0.4, 0.5) is 5.69 Å². The third-order valence-corrected chi connectivity index (χ3v) is 8.16. The van der Waals surface area contributed by atoms with Crippen molar-refractivity contribution in [1.29, 1.82) is 0 Å². The van der Waals surface area contributed by atoms with E-state index in [9.17, 15) is 14.4 Å². The van der Waals surface area contributed by atoms with Gasteiger partial charge in [0.15, 0.2) is 5.16 Å². The Morgan fingerprint density at radius 2 is 1.65 bits per heavy atom. The van der Waals surface area contributed by atoms with Crippen molar-refractivity contribution < 1.29 is 9.59 Å². The van der Waals surface area contributed by atoms with Crippen molar-refractivity contribution in [2.75, 3.05) is 36.8 Å². The summed E-state index contributed by atoms with van der Waals surface area (Å²) in [5, 5.41) is 4.09. The Kier molecular flexibility index (Phi) is 8.08. The van der Waals surface area contributed by atoms with E-state index >= 15 is 0 Å². The fraction of sp³-hybridized carbons (Fsp3) is 0.429. The standard InChI is InChI=1S/C28H33N5O3S/c34-25(29-21-8-4-5-9-21)20-37-28-30-24-13-7-6-12-23(24)27(36)33(28)15-14-26(35)32-18-16-31(17-19-32)22-10-2-1-3-11-22/h1-3,6-7,10-13,21H,4-5,8-9,14-20H2,(H,29,34). The van der Waals surface area contributed by atoms with Crippen molar-refractivity contribution in [3.8, 4) is 0 Å². The SMILES string of the molecule is O=C(CSc1nc2ccccc2c(=O)n1CCC(=O)N1CCN(c2ccccc2)CC1)NC1CCCC1. The summed E-state index contributed by atoms with van der Waals surface area (Å²) >= 11 is 1.26. The Bertz CT molecular complexity index is 1300. The van der Waals surface area contributed by atoms with Crippen molar-refractivity contribution >= 4 is 40.2 Å². The topological polar surface area (TPSA) is 87.5 Å². The van der Waals surface area contributed by atoms with Crippen LogP contribution in [0.5, 0.6) is 0 Å². The van der Waals surface area contributed by atoms with E-state index in [1.54, 1.807) is 16.7 Å². The van der Waals surface area contributed by atoms with Crippen molar-refractivity contribution in [1.82, 2.24) is 19.8 Å². The third kappa shape index (κ3) is 6.15. The summed E-state index contributed by atoms with van der Waals surface area (Å²) in [5.74, 6) is 0.178. The summed E-state index contributed by atoms with van der Waals surface area (Å²) in [5.41, 5.74) is 1.60. The quantitative estimate of drug-likeness (QED) is 0.363. The van der Waals surface area contributed by atoms with Crippen LogP contribution >= 0.6 is 11.8 Å². The molecule has 2 aromatic carbocycles. The van der Waals surface area contributed by atoms with Gasteiger partial charge in [-0.2, -0.15) is 0 Å². The molecular weight excluding hydrogens is 486 g/mol. The summed E-state index contributed by atoms with van der Waals surface area (Å²) in [6, 6.07) is 17.7. The van der Waals surface area contributed by atoms with Gasteiger partial charge in [-0.1, -0.05) is 54.9 Å². The lowest BCUT2D eigenvalue weighted by atomic mass is 10.2. The normalized spacial score (nSPS) is 16.3. The van der Waals surface area contributed by atoms with Gasteiger partial charge < -0.3 is 15.1 Å². The first-order valence-corrected chi connectivity index (χ1v) is 14.1. The Morgan fingerprint density at radius 3 is 2.41 bits per heavy atom. The molecule has 1 saturated carbocycles. The zero-order valence-corrected chi connectivity index (χ0v) is 21.8. The molecule has 5 rings (SSSR count). The zero-order valence-electron chi connectivity index (χ0n) is 21.0. The number of nitrogens with zero attached hydrogens (tertiary/aromatic N) is 4. The lowest BCUT2D eigenvalue weighted by Crippen LogP contribution is -2.49. The molecule has 3 aromatic rings. The predicted octanol–water partition coefficient (Wildman–Crippen LogP) is 3.29. The number of anilines is 1. The fourth-order valence-corrected chi connectivity index (χ4v) is 5.98. The van der Waals surface area contributed by atoms with Crippen LogP contribution in [0.3, 0.4) is 0 Å². The number of hydrogen-bond acceptors (Lipinski definition) is 6. The number of rotatable bonds is 8. The molecule has 1 aliphatic carbocycles. The minimum Gasteiger partial charge on any atom is -0.368 e. The molecule has 9 heteroatoms. The molecule has 2 heterocycles. The van der Waals surface area contributed by atoms with Gasteiger partial charge in [-0.25, -0.2) is 4.98 Å². The van der Waals surface area contributed by atoms with E-state index < -0.39 is 0 Å². The van der Waals surface area contributed by atoms with E-state index in [2.05, 4.69) is 27.3 Å². The Morgan fingerprint density at radius 1 is 0.946 bits per heavy atom. The minimum atomic E-state index is -0.175. The number of para-hydroxylation sites is 2. The highest BCUT2D eigenvalue weighted by Crippen LogP contribution is 2.21. The highest BCUT2D eigenvalue weighted by atomic mass is 32.2. The summed E-state index contributed by atoms with van der Waals surface area (Å²) in [6.07, 6.45) is 4.57. The molecule has 1 aromatic heterocycles. The van der Waals surface area contributed by atoms with Gasteiger partial charge in [-0.15, -0.1) is 0 Å². The Labute approximate surface area is 221 Å². The molecule has 0 bridgehead atoms. The first-order valence-electron chi connectivity index (χ1n) is 13.1. The second kappa shape index (κ2) is 11.8. The molecule has 0 spiro atoms. The number of carbonyl (C=O) groups is 2. The largest absolute Gasteiger partial charge is 0.368 e. The first kappa shape index (κ1) is 25.3. The molecule has 1 N–H and O–H groups in total. The molecule has 1 saturated heterocycles. The van der Waals surface area contributed by atoms with Crippen LogP contribution < -0.4 is 15.8 Å². The fourth-order valence-electron chi connectivity index (χ4n) is 5.14. The molecule has 1 aliphatic heterocycles. The number of amides is 2. The van der Waals surface area contributed by atoms with Crippen molar-refractivity contribution in [3.63, 3.8) is 0 Å². The summed E-state index contributed by atoms with van der Waals surface area (Å²) in [6.45, 7) is 3.11. The van der Waals surface area contributed by atoms with Crippen LogP contribution in [0.2, 0.25) is 0 Å². The molecule has 37 heavy (non-hydrogen) atoms. The number of carbonyl (C=O) groups excluding carboxylic acids is 2. The maximum absolute atomic E-state index is 13.3. The molecule has 8 nitrogen and oxygen atoms in total. The van der Waals surface area contributed by atoms with Crippen LogP contribution in [-0.4, -0.2) is 64.2 Å². The molecule has 0 unspecified atom stereocenters. The van der Waals surface area contributed by atoms with Gasteiger partial charge in [0, 0.05) is 50.9 Å². The number of aromatic nitrogens is 2. The Balaban J connectivity index is 1.24. The van der Waals surface area contributed by atoms with Crippen molar-refractivity contribution in [2.45, 2.75) is 49.8 Å². The van der Waals surface area contributed by atoms with Crippen molar-refractivity contribution in [3.05, 3.63) is 65.0 Å². The average molecular weight is 520 g/mol. The van der Waals surface area contributed by atoms with Gasteiger partial charge in [0.2, 0.25) is 11.8 Å². The van der Waals surface area contributed by atoms with Gasteiger partial charge in [-0.3, -0.25) is 19.0 Å². The molecular formula is C28H33N5O3S. The van der Waals surface area contributed by atoms with E-state index in [4.69, 9.17) is 0 Å². The van der Waals surface area contributed by atoms with Crippen LogP contribution in [0, 0.1) is 0 Å². The highest BCUT2D eigenvalue weighted by molar-refractivity contribution is 7.99. The van der Waals surface area contributed by atoms with Gasteiger partial charge in [0.25, 0.3) is 5.56 Å². The molecule has 194 valence electrons. The van der Waals surface area contributed by atoms with E-state index in [0.29, 0.717) is 29.1 Å². The molecule has 2 fully saturated rings. The van der Waals surface area contributed by atoms with E-state index in [-0.39, 0.29) is 42.1 Å². The van der Waals surface area contributed by atoms with Crippen molar-refractivity contribution in [2.24, 2.45) is 0 Å². The van der Waals surface area contributed by atoms with Crippen LogP contribution in [-0.2, 0) is 16.1 Å². The van der Waals surface area contributed by atoms with Gasteiger partial charge in [-0.05, 0) is 37.1 Å². The molecule has 2 amide bonds. The molecule has 2 aliphatic rings. The number of hydrogen-bond donors (Lipinski definition) is 1. The smallest absolute Gasteiger partial charge is 0.262 e. The second-order valence-electron chi connectivity index (χ2n) is 9.66. The van der Waals surface area contributed by atoms with E-state index in [1.165, 1.54) is 17.4 Å². The first-order chi connectivity index (χ1) is 18.1. The Hall–Kier alpha value is -3.33. The number of nitrogens with one attached hydrogen (secondary N) is 1. The van der Waals surface area contributed by atoms with E-state index in [0.717, 1.165) is 38.8 Å². The predicted molar refractivity (Wildman–Crippen MR) is 147 cm³/mol. The van der Waals surface area contributed by atoms with Crippen LogP contribution in [0.1, 0.15) is 32.1 Å². The van der Waals surface area contributed by atoms with Crippen LogP contribution in [0.25, 0.3) is 10.9 Å². The number of piperazine rings is 1. The van der Waals surface area contributed by atoms with Gasteiger partial charge in [0.1, 0.15) is 0 Å². The molecule has 0 atom stereocenters. The van der Waals surface area contributed by atoms with Crippen LogP contribution in [0.15, 0.2) is 64.5 Å². The summed E-state index contributed by atoms with van der Waals surface area (Å²) < 4.78 is 1.56. The third-order valence-electron chi connectivity index (χ3n) is 7.18. The monoisotopic (exact) mass is 519 g/mol. The van der Waals surface area contributed by atoms with Gasteiger partial charge in [0.05, 0.1) is 16.7 Å². The van der Waals surface area contributed by atoms with Gasteiger partial charge >= 0.3 is 0 Å².